The average Bonchev–Trinajstić information content (AvgIpc) is 3.35. The van der Waals surface area contributed by atoms with Crippen molar-refractivity contribution in [3.8, 4) is 0 Å². The fourth-order valence-electron chi connectivity index (χ4n) is 2.61. The normalized spacial score (nSPS) is 18.2. The summed E-state index contributed by atoms with van der Waals surface area (Å²) in [6.07, 6.45) is 5.47. The van der Waals surface area contributed by atoms with E-state index in [2.05, 4.69) is 50.3 Å². The number of carbonyl (C=O) groups excluding carboxylic acids is 1. The van der Waals surface area contributed by atoms with Gasteiger partial charge >= 0.3 is 0 Å². The summed E-state index contributed by atoms with van der Waals surface area (Å²) in [5.74, 6) is 2.16. The molecule has 3 aromatic rings. The molecule has 2 heterocycles. The minimum absolute atomic E-state index is 0.520. The highest BCUT2D eigenvalue weighted by Gasteiger charge is 2.34. The van der Waals surface area contributed by atoms with Crippen molar-refractivity contribution in [3.63, 3.8) is 0 Å². The molecule has 2 aromatic heterocycles. The molecule has 0 bridgehead atoms. The number of nitrogens with zero attached hydrogens (tertiary/aromatic N) is 2. The maximum absolute atomic E-state index is 10.2. The van der Waals surface area contributed by atoms with Gasteiger partial charge in [-0.1, -0.05) is 24.6 Å². The molecule has 1 aliphatic carbocycles. The van der Waals surface area contributed by atoms with Gasteiger partial charge in [-0.3, -0.25) is 9.78 Å². The van der Waals surface area contributed by atoms with Crippen LogP contribution in [0.25, 0.3) is 10.8 Å². The molecule has 1 saturated carbocycles. The summed E-state index contributed by atoms with van der Waals surface area (Å²) < 4.78 is 0.819. The largest absolute Gasteiger partial charge is 0.313 e. The topological polar surface area (TPSA) is 54.9 Å². The Hall–Kier alpha value is -1.98. The second kappa shape index (κ2) is 7.93. The van der Waals surface area contributed by atoms with E-state index >= 15 is 0 Å². The van der Waals surface area contributed by atoms with Gasteiger partial charge < -0.3 is 5.32 Å². The molecule has 0 spiro atoms. The summed E-state index contributed by atoms with van der Waals surface area (Å²) in [5, 5.41) is 5.03. The maximum Gasteiger partial charge on any atom is 0.212 e. The average molecular weight is 419 g/mol. The number of carbonyl (C=O) groups is 1. The molecule has 4 nitrogen and oxygen atoms in total. The predicted molar refractivity (Wildman–Crippen MR) is 105 cm³/mol. The number of hydrogen-bond acceptors (Lipinski definition) is 3. The Morgan fingerprint density at radius 1 is 1.24 bits per heavy atom. The third kappa shape index (κ3) is 4.55. The molecule has 0 saturated heterocycles. The maximum atomic E-state index is 10.2. The number of benzene rings is 1. The van der Waals surface area contributed by atoms with E-state index in [1.807, 2.05) is 24.4 Å². The molecule has 1 fully saturated rings. The van der Waals surface area contributed by atoms with Crippen LogP contribution < -0.4 is 5.32 Å². The SMILES string of the molecule is CC1CC1c1ccccn1.O=CNc1cc2cc(Br)c(Cl)cc2cn1. The van der Waals surface area contributed by atoms with Gasteiger partial charge in [0.1, 0.15) is 5.82 Å². The van der Waals surface area contributed by atoms with Crippen LogP contribution in [-0.4, -0.2) is 16.4 Å². The van der Waals surface area contributed by atoms with Gasteiger partial charge in [0.2, 0.25) is 6.41 Å². The van der Waals surface area contributed by atoms with Crippen molar-refractivity contribution in [2.24, 2.45) is 5.92 Å². The third-order valence-electron chi connectivity index (χ3n) is 4.14. The molecule has 1 N–H and O–H groups in total. The minimum atomic E-state index is 0.520. The molecule has 1 aliphatic rings. The zero-order valence-electron chi connectivity index (χ0n) is 13.6. The van der Waals surface area contributed by atoms with E-state index < -0.39 is 0 Å². The molecule has 0 aliphatic heterocycles. The fraction of sp³-hybridized carbons (Fsp3) is 0.211. The standard InChI is InChI=1S/C10H6BrClN2O.C9H11N/c11-8-1-6-3-10(14-5-15)13-4-7(6)2-9(8)12;1-7-6-8(7)9-4-2-3-5-10-9/h1-5H,(H,13,14,15);2-5,7-8H,6H2,1H3. The number of pyridine rings is 2. The molecule has 6 heteroatoms. The number of hydrogen-bond donors (Lipinski definition) is 1. The van der Waals surface area contributed by atoms with Gasteiger partial charge in [0.05, 0.1) is 5.02 Å². The van der Waals surface area contributed by atoms with Gasteiger partial charge in [0.15, 0.2) is 0 Å². The lowest BCUT2D eigenvalue weighted by atomic mass is 10.2. The van der Waals surface area contributed by atoms with E-state index in [-0.39, 0.29) is 0 Å². The third-order valence-corrected chi connectivity index (χ3v) is 5.34. The van der Waals surface area contributed by atoms with Crippen LogP contribution in [0.15, 0.2) is 53.3 Å². The molecule has 128 valence electrons. The number of nitrogens with one attached hydrogen (secondary N) is 1. The highest BCUT2D eigenvalue weighted by molar-refractivity contribution is 9.10. The van der Waals surface area contributed by atoms with Gasteiger partial charge in [-0.25, -0.2) is 4.98 Å². The number of amides is 1. The van der Waals surface area contributed by atoms with Crippen molar-refractivity contribution in [1.82, 2.24) is 9.97 Å². The van der Waals surface area contributed by atoms with Crippen LogP contribution in [0.1, 0.15) is 25.0 Å². The first-order valence-corrected chi connectivity index (χ1v) is 9.11. The summed E-state index contributed by atoms with van der Waals surface area (Å²) in [6, 6.07) is 11.6. The van der Waals surface area contributed by atoms with Crippen molar-refractivity contribution < 1.29 is 4.79 Å². The van der Waals surface area contributed by atoms with Gasteiger partial charge in [-0.05, 0) is 64.0 Å². The van der Waals surface area contributed by atoms with Crippen LogP contribution in [0, 0.1) is 5.92 Å². The fourth-order valence-corrected chi connectivity index (χ4v) is 3.14. The molecule has 1 aromatic carbocycles. The van der Waals surface area contributed by atoms with E-state index in [0.717, 1.165) is 27.1 Å². The van der Waals surface area contributed by atoms with E-state index in [4.69, 9.17) is 11.6 Å². The van der Waals surface area contributed by atoms with Crippen LogP contribution in [0.2, 0.25) is 5.02 Å². The first-order chi connectivity index (χ1) is 12.1. The number of halogens is 2. The monoisotopic (exact) mass is 417 g/mol. The Kier molecular flexibility index (Phi) is 5.66. The lowest BCUT2D eigenvalue weighted by Crippen LogP contribution is -1.95. The molecule has 4 rings (SSSR count). The Labute approximate surface area is 159 Å². The highest BCUT2D eigenvalue weighted by Crippen LogP contribution is 2.45. The van der Waals surface area contributed by atoms with Gasteiger partial charge in [-0.2, -0.15) is 0 Å². The Bertz CT molecular complexity index is 888. The lowest BCUT2D eigenvalue weighted by Gasteiger charge is -2.03. The van der Waals surface area contributed by atoms with Crippen molar-refractivity contribution >= 4 is 50.5 Å². The van der Waals surface area contributed by atoms with Gasteiger partial charge in [0, 0.05) is 33.9 Å². The molecule has 1 amide bonds. The summed E-state index contributed by atoms with van der Waals surface area (Å²) >= 11 is 9.28. The summed E-state index contributed by atoms with van der Waals surface area (Å²) in [6.45, 7) is 2.28. The number of fused-ring (bicyclic) bond motifs is 1. The number of anilines is 1. The molecule has 0 radical (unpaired) electrons. The van der Waals surface area contributed by atoms with Crippen molar-refractivity contribution in [2.75, 3.05) is 5.32 Å². The van der Waals surface area contributed by atoms with Crippen molar-refractivity contribution in [2.45, 2.75) is 19.3 Å². The molecule has 25 heavy (non-hydrogen) atoms. The molecular formula is C19H17BrClN3O. The van der Waals surface area contributed by atoms with Crippen LogP contribution in [0.5, 0.6) is 0 Å². The second-order valence-electron chi connectivity index (χ2n) is 6.02. The first-order valence-electron chi connectivity index (χ1n) is 7.94. The van der Waals surface area contributed by atoms with E-state index in [1.54, 1.807) is 12.3 Å². The van der Waals surface area contributed by atoms with Crippen LogP contribution in [-0.2, 0) is 4.79 Å². The zero-order valence-corrected chi connectivity index (χ0v) is 16.0. The van der Waals surface area contributed by atoms with E-state index in [9.17, 15) is 4.79 Å². The quantitative estimate of drug-likeness (QED) is 0.577. The van der Waals surface area contributed by atoms with Crippen LogP contribution >= 0.6 is 27.5 Å². The molecule has 2 atom stereocenters. The highest BCUT2D eigenvalue weighted by atomic mass is 79.9. The Balaban J connectivity index is 0.000000157. The Morgan fingerprint density at radius 2 is 2.04 bits per heavy atom. The number of aromatic nitrogens is 2. The lowest BCUT2D eigenvalue weighted by molar-refractivity contribution is -0.105. The summed E-state index contributed by atoms with van der Waals surface area (Å²) in [7, 11) is 0. The summed E-state index contributed by atoms with van der Waals surface area (Å²) in [5.41, 5.74) is 1.27. The smallest absolute Gasteiger partial charge is 0.212 e. The Morgan fingerprint density at radius 3 is 2.68 bits per heavy atom. The van der Waals surface area contributed by atoms with Crippen molar-refractivity contribution in [3.05, 3.63) is 64.0 Å². The molecule has 2 unspecified atom stereocenters. The van der Waals surface area contributed by atoms with Crippen LogP contribution in [0.3, 0.4) is 0 Å². The van der Waals surface area contributed by atoms with E-state index in [0.29, 0.717) is 17.3 Å². The zero-order chi connectivity index (χ0) is 17.8. The summed E-state index contributed by atoms with van der Waals surface area (Å²) in [4.78, 5) is 18.6. The minimum Gasteiger partial charge on any atom is -0.313 e. The van der Waals surface area contributed by atoms with Crippen LogP contribution in [0.4, 0.5) is 5.82 Å². The predicted octanol–water partition coefficient (Wildman–Crippen LogP) is 5.42. The first kappa shape index (κ1) is 17.8. The van der Waals surface area contributed by atoms with Crippen molar-refractivity contribution in [1.29, 1.82) is 0 Å². The van der Waals surface area contributed by atoms with Gasteiger partial charge in [0.25, 0.3) is 0 Å². The van der Waals surface area contributed by atoms with Gasteiger partial charge in [-0.15, -0.1) is 0 Å². The molecular weight excluding hydrogens is 402 g/mol. The van der Waals surface area contributed by atoms with E-state index in [1.165, 1.54) is 12.1 Å². The number of rotatable bonds is 3. The second-order valence-corrected chi connectivity index (χ2v) is 7.28.